The molecule has 4 aliphatic heterocycles. The Morgan fingerprint density at radius 1 is 0.711 bits per heavy atom. The summed E-state index contributed by atoms with van der Waals surface area (Å²) in [5, 5.41) is 0. The van der Waals surface area contributed by atoms with Crippen molar-refractivity contribution in [2.45, 2.75) is 45.2 Å². The van der Waals surface area contributed by atoms with Crippen LogP contribution in [-0.4, -0.2) is 73.6 Å². The molecule has 0 saturated carbocycles. The van der Waals surface area contributed by atoms with Crippen molar-refractivity contribution in [2.24, 2.45) is 9.98 Å². The highest BCUT2D eigenvalue weighted by Crippen LogP contribution is 2.40. The number of carbonyl (C=O) groups is 2. The summed E-state index contributed by atoms with van der Waals surface area (Å²) in [5.74, 6) is 1.66. The molecule has 0 radical (unpaired) electrons. The third-order valence-electron chi connectivity index (χ3n) is 8.04. The number of aliphatic imine (C=N–C) groups is 2. The van der Waals surface area contributed by atoms with Crippen LogP contribution in [0.2, 0.25) is 0 Å². The van der Waals surface area contributed by atoms with Crippen molar-refractivity contribution in [2.75, 3.05) is 27.4 Å². The molecule has 10 nitrogen and oxygen atoms in total. The zero-order valence-corrected chi connectivity index (χ0v) is 25.9. The first-order valence-electron chi connectivity index (χ1n) is 15.0. The largest absolute Gasteiger partial charge is 0.493 e. The van der Waals surface area contributed by atoms with Crippen molar-refractivity contribution in [3.05, 3.63) is 83.2 Å². The maximum atomic E-state index is 13.4. The molecule has 2 amide bonds. The van der Waals surface area contributed by atoms with Gasteiger partial charge in [-0.25, -0.2) is 0 Å². The van der Waals surface area contributed by atoms with Gasteiger partial charge in [-0.2, -0.15) is 0 Å². The van der Waals surface area contributed by atoms with Gasteiger partial charge in [0.15, 0.2) is 23.0 Å². The number of allylic oxidation sites excluding steroid dienone is 4. The molecular formula is C35H36N4O6. The summed E-state index contributed by atoms with van der Waals surface area (Å²) in [4.78, 5) is 39.4. The van der Waals surface area contributed by atoms with Gasteiger partial charge >= 0.3 is 0 Å². The van der Waals surface area contributed by atoms with Crippen LogP contribution < -0.4 is 18.9 Å². The SMILES string of the molecule is CC=CC1=CN2C(=O)c3cc(OC)c(OCCCOc4cc5c(cc4OC)C(=O)N4C=C(C=CC)CC4C=N5)cc3N=CC2C1. The monoisotopic (exact) mass is 608 g/mol. The highest BCUT2D eigenvalue weighted by Gasteiger charge is 2.34. The molecule has 4 heterocycles. The number of benzene rings is 2. The van der Waals surface area contributed by atoms with Gasteiger partial charge in [-0.15, -0.1) is 0 Å². The summed E-state index contributed by atoms with van der Waals surface area (Å²) < 4.78 is 23.3. The van der Waals surface area contributed by atoms with Gasteiger partial charge in [-0.05, 0) is 50.0 Å². The molecule has 232 valence electrons. The maximum Gasteiger partial charge on any atom is 0.260 e. The van der Waals surface area contributed by atoms with Gasteiger partial charge in [-0.3, -0.25) is 19.6 Å². The Balaban J connectivity index is 1.10. The number of ether oxygens (including phenoxy) is 4. The number of hydrogen-bond donors (Lipinski definition) is 0. The zero-order chi connectivity index (χ0) is 31.5. The number of carbonyl (C=O) groups excluding carboxylic acids is 2. The molecular weight excluding hydrogens is 572 g/mol. The van der Waals surface area contributed by atoms with Crippen molar-refractivity contribution in [3.63, 3.8) is 0 Å². The number of rotatable bonds is 10. The van der Waals surface area contributed by atoms with Crippen LogP contribution in [0.25, 0.3) is 0 Å². The van der Waals surface area contributed by atoms with Crippen molar-refractivity contribution < 1.29 is 28.5 Å². The van der Waals surface area contributed by atoms with E-state index in [0.717, 1.165) is 24.0 Å². The van der Waals surface area contributed by atoms with Crippen molar-refractivity contribution >= 4 is 35.6 Å². The molecule has 6 rings (SSSR count). The molecule has 2 atom stereocenters. The molecule has 4 aliphatic rings. The van der Waals surface area contributed by atoms with E-state index in [9.17, 15) is 9.59 Å². The first-order chi connectivity index (χ1) is 21.9. The van der Waals surface area contributed by atoms with Crippen molar-refractivity contribution in [1.82, 2.24) is 9.80 Å². The van der Waals surface area contributed by atoms with Gasteiger partial charge in [0.1, 0.15) is 0 Å². The molecule has 0 saturated heterocycles. The molecule has 0 aromatic heterocycles. The number of amides is 2. The Bertz CT molecular complexity index is 1580. The fourth-order valence-electron chi connectivity index (χ4n) is 5.88. The summed E-state index contributed by atoms with van der Waals surface area (Å²) in [5.41, 5.74) is 4.18. The molecule has 2 unspecified atom stereocenters. The molecule has 10 heteroatoms. The van der Waals surface area contributed by atoms with Gasteiger partial charge in [0.05, 0.1) is 62.0 Å². The lowest BCUT2D eigenvalue weighted by molar-refractivity contribution is 0.0809. The maximum absolute atomic E-state index is 13.4. The summed E-state index contributed by atoms with van der Waals surface area (Å²) in [6.07, 6.45) is 17.3. The first kappa shape index (κ1) is 29.9. The summed E-state index contributed by atoms with van der Waals surface area (Å²) in [6, 6.07) is 6.62. The van der Waals surface area contributed by atoms with Crippen LogP contribution in [0.5, 0.6) is 23.0 Å². The first-order valence-corrected chi connectivity index (χ1v) is 15.0. The second-order valence-corrected chi connectivity index (χ2v) is 11.0. The van der Waals surface area contributed by atoms with Crippen LogP contribution in [0.3, 0.4) is 0 Å². The van der Waals surface area contributed by atoms with Crippen LogP contribution in [-0.2, 0) is 0 Å². The van der Waals surface area contributed by atoms with E-state index in [2.05, 4.69) is 9.98 Å². The molecule has 0 fully saturated rings. The molecule has 45 heavy (non-hydrogen) atoms. The van der Waals surface area contributed by atoms with Crippen LogP contribution >= 0.6 is 0 Å². The minimum atomic E-state index is -0.124. The van der Waals surface area contributed by atoms with Gasteiger partial charge < -0.3 is 28.7 Å². The van der Waals surface area contributed by atoms with E-state index in [4.69, 9.17) is 18.9 Å². The molecule has 2 aromatic carbocycles. The second-order valence-electron chi connectivity index (χ2n) is 11.0. The quantitative estimate of drug-likeness (QED) is 0.292. The molecule has 0 N–H and O–H groups in total. The second kappa shape index (κ2) is 12.9. The Kier molecular flexibility index (Phi) is 8.55. The van der Waals surface area contributed by atoms with E-state index >= 15 is 0 Å². The van der Waals surface area contributed by atoms with Gasteiger partial charge in [0.25, 0.3) is 11.8 Å². The third-order valence-corrected chi connectivity index (χ3v) is 8.04. The summed E-state index contributed by atoms with van der Waals surface area (Å²) in [7, 11) is 3.09. The minimum Gasteiger partial charge on any atom is -0.493 e. The van der Waals surface area contributed by atoms with Gasteiger partial charge in [-0.1, -0.05) is 24.3 Å². The fourth-order valence-corrected chi connectivity index (χ4v) is 5.88. The van der Waals surface area contributed by atoms with E-state index < -0.39 is 0 Å². The minimum absolute atomic E-state index is 0.123. The molecule has 0 bridgehead atoms. The lowest BCUT2D eigenvalue weighted by Gasteiger charge is -2.19. The van der Waals surface area contributed by atoms with Crippen LogP contribution in [0, 0.1) is 0 Å². The van der Waals surface area contributed by atoms with Gasteiger partial charge in [0, 0.05) is 43.4 Å². The summed E-state index contributed by atoms with van der Waals surface area (Å²) >= 11 is 0. The number of methoxy groups -OCH3 is 2. The van der Waals surface area contributed by atoms with E-state index in [1.54, 1.807) is 48.3 Å². The smallest absolute Gasteiger partial charge is 0.260 e. The predicted octanol–water partition coefficient (Wildman–Crippen LogP) is 6.33. The van der Waals surface area contributed by atoms with E-state index in [1.165, 1.54) is 0 Å². The highest BCUT2D eigenvalue weighted by molar-refractivity contribution is 6.05. The van der Waals surface area contributed by atoms with Gasteiger partial charge in [0.2, 0.25) is 0 Å². The van der Waals surface area contributed by atoms with Crippen LogP contribution in [0.15, 0.2) is 82.1 Å². The number of nitrogens with zero attached hydrogens (tertiary/aromatic N) is 4. The lowest BCUT2D eigenvalue weighted by Crippen LogP contribution is -2.32. The molecule has 0 aliphatic carbocycles. The van der Waals surface area contributed by atoms with Crippen LogP contribution in [0.4, 0.5) is 11.4 Å². The lowest BCUT2D eigenvalue weighted by atomic mass is 10.1. The molecule has 2 aromatic rings. The Hall–Kier alpha value is -5.12. The van der Waals surface area contributed by atoms with Crippen LogP contribution in [0.1, 0.15) is 53.8 Å². The number of fused-ring (bicyclic) bond motifs is 4. The molecule has 0 spiro atoms. The van der Waals surface area contributed by atoms with E-state index in [-0.39, 0.29) is 23.9 Å². The Morgan fingerprint density at radius 3 is 1.56 bits per heavy atom. The predicted molar refractivity (Wildman–Crippen MR) is 173 cm³/mol. The average molecular weight is 609 g/mol. The average Bonchev–Trinajstić information content (AvgIpc) is 3.59. The standard InChI is InChI=1S/C35H36N4O6/c1-5-8-22-12-24-18-36-28-16-32(30(42-3)14-26(28)34(40)38(24)20-22)44-10-7-11-45-33-17-29-27(15-31(33)43-4)35(41)39-21-23(9-6-2)13-25(39)19-37-29/h5-6,8-9,14-21,24-25H,7,10-13H2,1-4H3. The Morgan fingerprint density at radius 2 is 1.16 bits per heavy atom. The highest BCUT2D eigenvalue weighted by atomic mass is 16.5. The van der Waals surface area contributed by atoms with Crippen molar-refractivity contribution in [3.8, 4) is 23.0 Å². The normalized spacial score (nSPS) is 20.0. The summed E-state index contributed by atoms with van der Waals surface area (Å²) in [6.45, 7) is 4.58. The van der Waals surface area contributed by atoms with Crippen molar-refractivity contribution in [1.29, 1.82) is 0 Å². The van der Waals surface area contributed by atoms with E-state index in [1.807, 2.05) is 63.0 Å². The van der Waals surface area contributed by atoms with E-state index in [0.29, 0.717) is 65.1 Å². The fraction of sp³-hybridized carbons (Fsp3) is 0.314. The zero-order valence-electron chi connectivity index (χ0n) is 25.9. The third kappa shape index (κ3) is 5.87. The topological polar surface area (TPSA) is 102 Å². The Labute approximate surface area is 262 Å². The number of hydrogen-bond acceptors (Lipinski definition) is 8.